The molecular weight excluding hydrogens is 549 g/mol. The lowest BCUT2D eigenvalue weighted by Gasteiger charge is -2.31. The number of aromatic nitrogens is 4. The van der Waals surface area contributed by atoms with Crippen molar-refractivity contribution < 1.29 is 4.84 Å². The maximum absolute atomic E-state index is 13.7. The Bertz CT molecular complexity index is 1470. The molecule has 1 atom stereocenters. The van der Waals surface area contributed by atoms with E-state index in [4.69, 9.17) is 15.6 Å². The number of fused-ring (bicyclic) bond motifs is 2. The molecule has 0 spiro atoms. The SMILES string of the molecule is CC#CCn1c(N2CCCC(N)C2)nc2c1c(=O)n(CC1=NOCc3ccccc31)c(=O)n2I. The molecule has 2 N–H and O–H groups in total. The van der Waals surface area contributed by atoms with Gasteiger partial charge in [0.25, 0.3) is 5.56 Å². The van der Waals surface area contributed by atoms with Gasteiger partial charge in [-0.1, -0.05) is 35.3 Å². The number of benzene rings is 1. The van der Waals surface area contributed by atoms with Crippen molar-refractivity contribution in [2.24, 2.45) is 10.9 Å². The zero-order chi connectivity index (χ0) is 23.8. The molecule has 0 saturated carbocycles. The zero-order valence-corrected chi connectivity index (χ0v) is 20.9. The van der Waals surface area contributed by atoms with E-state index in [1.54, 1.807) is 11.5 Å². The van der Waals surface area contributed by atoms with Crippen molar-refractivity contribution in [1.82, 2.24) is 16.9 Å². The van der Waals surface area contributed by atoms with Crippen molar-refractivity contribution in [3.05, 3.63) is 56.2 Å². The van der Waals surface area contributed by atoms with Gasteiger partial charge < -0.3 is 15.5 Å². The number of nitrogens with two attached hydrogens (primary N) is 1. The standard InChI is InChI=1S/C23H24IN7O3/c1-2-3-11-29-19-20(26-22(29)28-10-6-8-16(25)12-28)31(24)23(33)30(21(19)32)13-18-17-9-5-4-7-15(17)14-34-27-18/h4-5,7,9,16H,6,8,10-14,25H2,1H3. The van der Waals surface area contributed by atoms with Gasteiger partial charge in [-0.3, -0.25) is 13.9 Å². The van der Waals surface area contributed by atoms with Gasteiger partial charge in [0.1, 0.15) is 12.3 Å². The van der Waals surface area contributed by atoms with E-state index in [1.807, 2.05) is 47.1 Å². The largest absolute Gasteiger partial charge is 0.391 e. The summed E-state index contributed by atoms with van der Waals surface area (Å²) in [6.07, 6.45) is 1.88. The Morgan fingerprint density at radius 1 is 1.26 bits per heavy atom. The van der Waals surface area contributed by atoms with Crippen LogP contribution in [0.2, 0.25) is 0 Å². The number of halogens is 1. The minimum atomic E-state index is -0.475. The lowest BCUT2D eigenvalue weighted by atomic mass is 10.0. The van der Waals surface area contributed by atoms with Crippen LogP contribution in [0.15, 0.2) is 39.0 Å². The Labute approximate surface area is 209 Å². The van der Waals surface area contributed by atoms with Crippen LogP contribution in [0.3, 0.4) is 0 Å². The first kappa shape index (κ1) is 22.7. The molecule has 4 heterocycles. The number of hydrogen-bond donors (Lipinski definition) is 1. The van der Waals surface area contributed by atoms with Crippen LogP contribution in [-0.2, 0) is 24.5 Å². The Morgan fingerprint density at radius 3 is 2.88 bits per heavy atom. The van der Waals surface area contributed by atoms with Crippen molar-refractivity contribution >= 4 is 45.7 Å². The first-order valence-electron chi connectivity index (χ1n) is 11.1. The highest BCUT2D eigenvalue weighted by molar-refractivity contribution is 14.1. The highest BCUT2D eigenvalue weighted by atomic mass is 127. The van der Waals surface area contributed by atoms with E-state index in [1.165, 1.54) is 7.35 Å². The number of piperidine rings is 1. The summed E-state index contributed by atoms with van der Waals surface area (Å²) in [7, 11) is 0. The molecule has 0 radical (unpaired) electrons. The maximum Gasteiger partial charge on any atom is 0.342 e. The number of anilines is 1. The van der Waals surface area contributed by atoms with Crippen LogP contribution in [-0.4, -0.2) is 41.7 Å². The second-order valence-corrected chi connectivity index (χ2v) is 9.33. The van der Waals surface area contributed by atoms with Gasteiger partial charge in [-0.2, -0.15) is 4.98 Å². The van der Waals surface area contributed by atoms with Gasteiger partial charge in [-0.05, 0) is 19.8 Å². The molecule has 0 amide bonds. The predicted molar refractivity (Wildman–Crippen MR) is 138 cm³/mol. The molecule has 34 heavy (non-hydrogen) atoms. The van der Waals surface area contributed by atoms with Gasteiger partial charge >= 0.3 is 5.69 Å². The van der Waals surface area contributed by atoms with Crippen LogP contribution in [0.25, 0.3) is 11.2 Å². The summed E-state index contributed by atoms with van der Waals surface area (Å²) in [5, 5.41) is 4.16. The molecule has 1 saturated heterocycles. The number of nitrogens with zero attached hydrogens (tertiary/aromatic N) is 6. The Morgan fingerprint density at radius 2 is 2.09 bits per heavy atom. The van der Waals surface area contributed by atoms with Gasteiger partial charge in [-0.25, -0.2) is 7.58 Å². The zero-order valence-electron chi connectivity index (χ0n) is 18.7. The fourth-order valence-corrected chi connectivity index (χ4v) is 5.09. The number of imidazole rings is 1. The highest BCUT2D eigenvalue weighted by Crippen LogP contribution is 2.24. The number of rotatable bonds is 4. The fraction of sp³-hybridized carbons (Fsp3) is 0.391. The maximum atomic E-state index is 13.7. The monoisotopic (exact) mass is 573 g/mol. The van der Waals surface area contributed by atoms with Crippen molar-refractivity contribution in [1.29, 1.82) is 0 Å². The molecule has 5 rings (SSSR count). The van der Waals surface area contributed by atoms with Crippen molar-refractivity contribution in [2.75, 3.05) is 18.0 Å². The molecule has 1 aromatic carbocycles. The van der Waals surface area contributed by atoms with E-state index in [-0.39, 0.29) is 19.1 Å². The van der Waals surface area contributed by atoms with Crippen LogP contribution in [0.5, 0.6) is 0 Å². The van der Waals surface area contributed by atoms with E-state index in [0.29, 0.717) is 36.0 Å². The molecule has 2 aliphatic rings. The topological polar surface area (TPSA) is 113 Å². The van der Waals surface area contributed by atoms with Gasteiger partial charge in [0.2, 0.25) is 5.95 Å². The summed E-state index contributed by atoms with van der Waals surface area (Å²) >= 11 is 1.90. The van der Waals surface area contributed by atoms with E-state index in [0.717, 1.165) is 30.5 Å². The fourth-order valence-electron chi connectivity index (χ4n) is 4.49. The molecule has 11 heteroatoms. The number of oxime groups is 1. The van der Waals surface area contributed by atoms with Gasteiger partial charge in [-0.15, -0.1) is 5.92 Å². The van der Waals surface area contributed by atoms with Crippen LogP contribution >= 0.6 is 22.9 Å². The van der Waals surface area contributed by atoms with Crippen LogP contribution in [0.4, 0.5) is 5.95 Å². The third-order valence-corrected chi connectivity index (χ3v) is 7.02. The van der Waals surface area contributed by atoms with Crippen molar-refractivity contribution in [3.63, 3.8) is 0 Å². The van der Waals surface area contributed by atoms with Gasteiger partial charge in [0.05, 0.1) is 36.0 Å². The quantitative estimate of drug-likeness (QED) is 0.374. The number of hydrogen-bond acceptors (Lipinski definition) is 7. The summed E-state index contributed by atoms with van der Waals surface area (Å²) in [5.41, 5.74) is 8.30. The second kappa shape index (κ2) is 9.27. The van der Waals surface area contributed by atoms with Crippen LogP contribution in [0, 0.1) is 11.8 Å². The molecule has 1 fully saturated rings. The summed E-state index contributed by atoms with van der Waals surface area (Å²) < 4.78 is 4.36. The van der Waals surface area contributed by atoms with Crippen LogP contribution in [0.1, 0.15) is 30.9 Å². The second-order valence-electron chi connectivity index (χ2n) is 8.37. The summed E-state index contributed by atoms with van der Waals surface area (Å²) in [5.74, 6) is 6.54. The molecule has 176 valence electrons. The van der Waals surface area contributed by atoms with Crippen molar-refractivity contribution in [2.45, 2.75) is 45.5 Å². The molecule has 2 aromatic heterocycles. The lowest BCUT2D eigenvalue weighted by molar-refractivity contribution is 0.125. The highest BCUT2D eigenvalue weighted by Gasteiger charge is 2.27. The average Bonchev–Trinajstić information content (AvgIpc) is 3.24. The Kier molecular flexibility index (Phi) is 6.18. The van der Waals surface area contributed by atoms with E-state index in [9.17, 15) is 9.59 Å². The minimum absolute atomic E-state index is 0.0117. The molecular formula is C23H24IN7O3. The normalized spacial score (nSPS) is 17.6. The molecule has 0 aliphatic carbocycles. The molecule has 3 aromatic rings. The molecule has 0 bridgehead atoms. The third-order valence-electron chi connectivity index (χ3n) is 6.15. The predicted octanol–water partition coefficient (Wildman–Crippen LogP) is 1.44. The van der Waals surface area contributed by atoms with Gasteiger partial charge in [0.15, 0.2) is 11.2 Å². The van der Waals surface area contributed by atoms with E-state index >= 15 is 0 Å². The summed E-state index contributed by atoms with van der Waals surface area (Å²) in [6.45, 7) is 3.79. The smallest absolute Gasteiger partial charge is 0.342 e. The molecule has 10 nitrogen and oxygen atoms in total. The lowest BCUT2D eigenvalue weighted by Crippen LogP contribution is -2.44. The van der Waals surface area contributed by atoms with E-state index in [2.05, 4.69) is 21.9 Å². The minimum Gasteiger partial charge on any atom is -0.391 e. The van der Waals surface area contributed by atoms with Crippen LogP contribution < -0.4 is 21.9 Å². The summed E-state index contributed by atoms with van der Waals surface area (Å²) in [6, 6.07) is 7.71. The Hall–Kier alpha value is -3.11. The van der Waals surface area contributed by atoms with Crippen molar-refractivity contribution in [3.8, 4) is 11.8 Å². The first-order chi connectivity index (χ1) is 16.5. The summed E-state index contributed by atoms with van der Waals surface area (Å²) in [4.78, 5) is 39.1. The average molecular weight is 573 g/mol. The third kappa shape index (κ3) is 3.90. The molecule has 1 unspecified atom stereocenters. The Balaban J connectivity index is 1.67. The molecule has 2 aliphatic heterocycles. The van der Waals surface area contributed by atoms with E-state index < -0.39 is 11.2 Å². The first-order valence-corrected chi connectivity index (χ1v) is 12.1. The van der Waals surface area contributed by atoms with Gasteiger partial charge in [0, 0.05) is 30.3 Å².